The summed E-state index contributed by atoms with van der Waals surface area (Å²) >= 11 is 0. The van der Waals surface area contributed by atoms with E-state index in [1.807, 2.05) is 73.8 Å². The van der Waals surface area contributed by atoms with Crippen LogP contribution in [0.25, 0.3) is 11.6 Å². The predicted octanol–water partition coefficient (Wildman–Crippen LogP) is 3.60. The quantitative estimate of drug-likeness (QED) is 0.591. The summed E-state index contributed by atoms with van der Waals surface area (Å²) in [4.78, 5) is 12.7. The van der Waals surface area contributed by atoms with Gasteiger partial charge in [-0.1, -0.05) is 60.7 Å². The monoisotopic (exact) mass is 303 g/mol. The molecule has 0 aliphatic rings. The number of benzene rings is 2. The van der Waals surface area contributed by atoms with E-state index in [9.17, 15) is 4.79 Å². The van der Waals surface area contributed by atoms with Crippen LogP contribution in [0.15, 0.2) is 72.9 Å². The molecule has 1 heterocycles. The fourth-order valence-corrected chi connectivity index (χ4v) is 2.28. The Morgan fingerprint density at radius 1 is 1.00 bits per heavy atom. The van der Waals surface area contributed by atoms with Gasteiger partial charge in [-0.2, -0.15) is 5.10 Å². The summed E-state index contributed by atoms with van der Waals surface area (Å²) in [6.45, 7) is 0. The molecule has 114 valence electrons. The third-order valence-corrected chi connectivity index (χ3v) is 3.40. The van der Waals surface area contributed by atoms with Crippen LogP contribution in [0, 0.1) is 0 Å². The van der Waals surface area contributed by atoms with E-state index < -0.39 is 0 Å². The number of amides is 1. The van der Waals surface area contributed by atoms with Crippen molar-refractivity contribution in [3.8, 4) is 0 Å². The van der Waals surface area contributed by atoms with E-state index in [4.69, 9.17) is 0 Å². The second-order valence-corrected chi connectivity index (χ2v) is 5.16. The zero-order valence-electron chi connectivity index (χ0n) is 12.8. The molecule has 1 amide bonds. The molecule has 0 radical (unpaired) electrons. The van der Waals surface area contributed by atoms with Crippen LogP contribution in [0.1, 0.15) is 11.1 Å². The van der Waals surface area contributed by atoms with Gasteiger partial charge in [0, 0.05) is 24.9 Å². The van der Waals surface area contributed by atoms with Gasteiger partial charge >= 0.3 is 0 Å². The summed E-state index contributed by atoms with van der Waals surface area (Å²) in [5.41, 5.74) is 2.44. The number of nitrogens with one attached hydrogen (secondary N) is 1. The lowest BCUT2D eigenvalue weighted by atomic mass is 10.0. The van der Waals surface area contributed by atoms with Crippen LogP contribution in [0.2, 0.25) is 0 Å². The van der Waals surface area contributed by atoms with Crippen molar-refractivity contribution in [3.05, 3.63) is 84.1 Å². The van der Waals surface area contributed by atoms with Crippen LogP contribution in [0.3, 0.4) is 0 Å². The standard InChI is InChI=1S/C19H17N3O/c1-22-13-12-18(21-22)20-19(23)17(16-10-6-3-7-11-16)14-15-8-4-2-5-9-15/h2-14H,1H3,(H,20,21,23)/b17-14-. The van der Waals surface area contributed by atoms with Crippen LogP contribution >= 0.6 is 0 Å². The molecular formula is C19H17N3O. The highest BCUT2D eigenvalue weighted by molar-refractivity contribution is 6.29. The summed E-state index contributed by atoms with van der Waals surface area (Å²) in [6.07, 6.45) is 3.67. The molecule has 0 aliphatic carbocycles. The van der Waals surface area contributed by atoms with Gasteiger partial charge in [0.15, 0.2) is 5.82 Å². The van der Waals surface area contributed by atoms with Crippen molar-refractivity contribution in [2.75, 3.05) is 5.32 Å². The summed E-state index contributed by atoms with van der Waals surface area (Å²) < 4.78 is 1.65. The van der Waals surface area contributed by atoms with Gasteiger partial charge < -0.3 is 5.32 Å². The lowest BCUT2D eigenvalue weighted by molar-refractivity contribution is -0.111. The molecule has 1 aromatic heterocycles. The maximum atomic E-state index is 12.7. The van der Waals surface area contributed by atoms with Gasteiger partial charge in [-0.25, -0.2) is 0 Å². The van der Waals surface area contributed by atoms with E-state index in [2.05, 4.69) is 10.4 Å². The fraction of sp³-hybridized carbons (Fsp3) is 0.0526. The Balaban J connectivity index is 1.95. The zero-order valence-corrected chi connectivity index (χ0v) is 12.8. The molecule has 0 saturated heterocycles. The average molecular weight is 303 g/mol. The number of nitrogens with zero attached hydrogens (tertiary/aromatic N) is 2. The summed E-state index contributed by atoms with van der Waals surface area (Å²) in [6, 6.07) is 21.2. The van der Waals surface area contributed by atoms with Gasteiger partial charge in [-0.15, -0.1) is 0 Å². The molecule has 3 aromatic rings. The minimum atomic E-state index is -0.182. The van der Waals surface area contributed by atoms with Crippen LogP contribution in [-0.2, 0) is 11.8 Å². The number of hydrogen-bond acceptors (Lipinski definition) is 2. The number of aromatic nitrogens is 2. The SMILES string of the molecule is Cn1ccc(NC(=O)/C(=C\c2ccccc2)c2ccccc2)n1. The average Bonchev–Trinajstić information content (AvgIpc) is 2.99. The summed E-state index contributed by atoms with van der Waals surface area (Å²) in [7, 11) is 1.81. The Labute approximate surface area is 135 Å². The molecule has 4 nitrogen and oxygen atoms in total. The van der Waals surface area contributed by atoms with Gasteiger partial charge in [0.25, 0.3) is 5.91 Å². The maximum Gasteiger partial charge on any atom is 0.257 e. The minimum absolute atomic E-state index is 0.182. The third kappa shape index (κ3) is 3.74. The molecule has 0 unspecified atom stereocenters. The number of carbonyl (C=O) groups is 1. The molecule has 0 spiro atoms. The molecule has 1 N–H and O–H groups in total. The van der Waals surface area contributed by atoms with Gasteiger partial charge in [0.05, 0.1) is 0 Å². The molecule has 4 heteroatoms. The van der Waals surface area contributed by atoms with Crippen LogP contribution in [0.4, 0.5) is 5.82 Å². The van der Waals surface area contributed by atoms with E-state index in [0.29, 0.717) is 11.4 Å². The van der Waals surface area contributed by atoms with Gasteiger partial charge in [-0.3, -0.25) is 9.48 Å². The van der Waals surface area contributed by atoms with Crippen molar-refractivity contribution < 1.29 is 4.79 Å². The fourth-order valence-electron chi connectivity index (χ4n) is 2.28. The minimum Gasteiger partial charge on any atom is -0.305 e. The first-order valence-electron chi connectivity index (χ1n) is 7.35. The molecule has 23 heavy (non-hydrogen) atoms. The number of aryl methyl sites for hydroxylation is 1. The lowest BCUT2D eigenvalue weighted by Gasteiger charge is -2.08. The first-order valence-corrected chi connectivity index (χ1v) is 7.35. The normalized spacial score (nSPS) is 11.3. The van der Waals surface area contributed by atoms with Gasteiger partial charge in [-0.05, 0) is 17.2 Å². The predicted molar refractivity (Wildman–Crippen MR) is 92.6 cm³/mol. The van der Waals surface area contributed by atoms with Gasteiger partial charge in [0.2, 0.25) is 0 Å². The van der Waals surface area contributed by atoms with Crippen molar-refractivity contribution in [1.29, 1.82) is 0 Å². The topological polar surface area (TPSA) is 46.9 Å². The van der Waals surface area contributed by atoms with E-state index >= 15 is 0 Å². The van der Waals surface area contributed by atoms with E-state index in [-0.39, 0.29) is 5.91 Å². The van der Waals surface area contributed by atoms with Crippen LogP contribution in [0.5, 0.6) is 0 Å². The lowest BCUT2D eigenvalue weighted by Crippen LogP contribution is -2.14. The van der Waals surface area contributed by atoms with Crippen LogP contribution in [-0.4, -0.2) is 15.7 Å². The number of carbonyl (C=O) groups excluding carboxylic acids is 1. The van der Waals surface area contributed by atoms with Crippen LogP contribution < -0.4 is 5.32 Å². The largest absolute Gasteiger partial charge is 0.305 e. The maximum absolute atomic E-state index is 12.7. The number of anilines is 1. The Morgan fingerprint density at radius 2 is 1.65 bits per heavy atom. The first-order chi connectivity index (χ1) is 11.2. The smallest absolute Gasteiger partial charge is 0.257 e. The highest BCUT2D eigenvalue weighted by atomic mass is 16.1. The summed E-state index contributed by atoms with van der Waals surface area (Å²) in [5.74, 6) is 0.353. The molecular weight excluding hydrogens is 286 g/mol. The van der Waals surface area contributed by atoms with E-state index in [1.165, 1.54) is 0 Å². The zero-order chi connectivity index (χ0) is 16.1. The molecule has 0 saturated carbocycles. The second kappa shape index (κ2) is 6.75. The van der Waals surface area contributed by atoms with Crippen molar-refractivity contribution in [2.45, 2.75) is 0 Å². The highest BCUT2D eigenvalue weighted by Gasteiger charge is 2.13. The Kier molecular flexibility index (Phi) is 4.34. The Bertz CT molecular complexity index is 820. The first kappa shape index (κ1) is 14.8. The highest BCUT2D eigenvalue weighted by Crippen LogP contribution is 2.20. The molecule has 0 bridgehead atoms. The molecule has 0 atom stereocenters. The van der Waals surface area contributed by atoms with Crippen molar-refractivity contribution >= 4 is 23.4 Å². The molecule has 2 aromatic carbocycles. The van der Waals surface area contributed by atoms with E-state index in [1.54, 1.807) is 16.9 Å². The number of hydrogen-bond donors (Lipinski definition) is 1. The third-order valence-electron chi connectivity index (χ3n) is 3.40. The second-order valence-electron chi connectivity index (χ2n) is 5.16. The molecule has 0 fully saturated rings. The van der Waals surface area contributed by atoms with E-state index in [0.717, 1.165) is 11.1 Å². The van der Waals surface area contributed by atoms with Crippen molar-refractivity contribution in [2.24, 2.45) is 7.05 Å². The van der Waals surface area contributed by atoms with Crippen molar-refractivity contribution in [1.82, 2.24) is 9.78 Å². The molecule has 0 aliphatic heterocycles. The number of rotatable bonds is 4. The molecule has 3 rings (SSSR count). The Hall–Kier alpha value is -3.14. The Morgan fingerprint density at radius 3 is 2.26 bits per heavy atom. The van der Waals surface area contributed by atoms with Crippen molar-refractivity contribution in [3.63, 3.8) is 0 Å². The summed E-state index contributed by atoms with van der Waals surface area (Å²) in [5, 5.41) is 7.03. The van der Waals surface area contributed by atoms with Gasteiger partial charge in [0.1, 0.15) is 0 Å².